The number of rotatable bonds is 7. The van der Waals surface area contributed by atoms with E-state index >= 15 is 0 Å². The molecule has 0 amide bonds. The van der Waals surface area contributed by atoms with Gasteiger partial charge in [0.15, 0.2) is 0 Å². The van der Waals surface area contributed by atoms with Crippen LogP contribution in [0.15, 0.2) is 125 Å². The van der Waals surface area contributed by atoms with Crippen LogP contribution in [0.1, 0.15) is 22.6 Å². The third-order valence-electron chi connectivity index (χ3n) is 4.98. The summed E-state index contributed by atoms with van der Waals surface area (Å²) >= 11 is 1.82. The molecule has 0 aliphatic rings. The molecule has 0 bridgehead atoms. The maximum Gasteiger partial charge on any atom is 0.0122 e. The molecule has 28 heavy (non-hydrogen) atoms. The SMILES string of the molecule is c1ccc(CC(Cc2ccccc2)c2ccc(Sc3ccccc3)cc2)cc1. The van der Waals surface area contributed by atoms with E-state index in [1.807, 2.05) is 11.8 Å². The smallest absolute Gasteiger partial charge is 0.0122 e. The zero-order valence-corrected chi connectivity index (χ0v) is 16.7. The van der Waals surface area contributed by atoms with Crippen molar-refractivity contribution >= 4 is 11.8 Å². The maximum atomic E-state index is 2.31. The van der Waals surface area contributed by atoms with Gasteiger partial charge in [0.2, 0.25) is 0 Å². The summed E-state index contributed by atoms with van der Waals surface area (Å²) < 4.78 is 0. The molecule has 0 saturated carbocycles. The summed E-state index contributed by atoms with van der Waals surface area (Å²) in [5, 5.41) is 0. The van der Waals surface area contributed by atoms with Crippen LogP contribution in [0.5, 0.6) is 0 Å². The molecule has 0 spiro atoms. The van der Waals surface area contributed by atoms with Gasteiger partial charge in [-0.15, -0.1) is 0 Å². The largest absolute Gasteiger partial charge is 0.0901 e. The average Bonchev–Trinajstić information content (AvgIpc) is 2.76. The molecule has 0 aromatic heterocycles. The van der Waals surface area contributed by atoms with E-state index in [1.54, 1.807) is 0 Å². The maximum absolute atomic E-state index is 2.31. The summed E-state index contributed by atoms with van der Waals surface area (Å²) in [6.07, 6.45) is 2.11. The molecule has 0 radical (unpaired) electrons. The fraction of sp³-hybridized carbons (Fsp3) is 0.111. The highest BCUT2D eigenvalue weighted by molar-refractivity contribution is 7.99. The highest BCUT2D eigenvalue weighted by Crippen LogP contribution is 2.31. The van der Waals surface area contributed by atoms with Gasteiger partial charge < -0.3 is 0 Å². The van der Waals surface area contributed by atoms with Crippen molar-refractivity contribution in [3.05, 3.63) is 132 Å². The van der Waals surface area contributed by atoms with Crippen LogP contribution in [0.3, 0.4) is 0 Å². The van der Waals surface area contributed by atoms with Crippen molar-refractivity contribution in [2.45, 2.75) is 28.6 Å². The molecule has 4 aromatic rings. The standard InChI is InChI=1S/C27H24S/c1-4-10-22(11-5-1)20-25(21-23-12-6-2-7-13-23)24-16-18-27(19-17-24)28-26-14-8-3-9-15-26/h1-19,25H,20-21H2. The van der Waals surface area contributed by atoms with E-state index in [0.29, 0.717) is 5.92 Å². The molecule has 0 aliphatic heterocycles. The fourth-order valence-electron chi connectivity index (χ4n) is 3.54. The molecule has 0 saturated heterocycles. The van der Waals surface area contributed by atoms with Crippen LogP contribution in [-0.4, -0.2) is 0 Å². The zero-order valence-electron chi connectivity index (χ0n) is 15.9. The topological polar surface area (TPSA) is 0 Å². The van der Waals surface area contributed by atoms with Crippen LogP contribution < -0.4 is 0 Å². The molecular formula is C27H24S. The molecule has 0 nitrogen and oxygen atoms in total. The molecule has 1 heteroatoms. The normalized spacial score (nSPS) is 10.9. The summed E-state index contributed by atoms with van der Waals surface area (Å²) in [5.74, 6) is 0.473. The second-order valence-electron chi connectivity index (χ2n) is 7.06. The fourth-order valence-corrected chi connectivity index (χ4v) is 4.38. The van der Waals surface area contributed by atoms with Crippen LogP contribution in [-0.2, 0) is 12.8 Å². The van der Waals surface area contributed by atoms with Crippen molar-refractivity contribution in [3.8, 4) is 0 Å². The highest BCUT2D eigenvalue weighted by atomic mass is 32.2. The van der Waals surface area contributed by atoms with Gasteiger partial charge in [0.05, 0.1) is 0 Å². The molecular weight excluding hydrogens is 356 g/mol. The third-order valence-corrected chi connectivity index (χ3v) is 6.00. The van der Waals surface area contributed by atoms with E-state index < -0.39 is 0 Å². The monoisotopic (exact) mass is 380 g/mol. The Labute approximate surface area is 172 Å². The minimum absolute atomic E-state index is 0.473. The second-order valence-corrected chi connectivity index (χ2v) is 8.21. The lowest BCUT2D eigenvalue weighted by molar-refractivity contribution is 0.679. The molecule has 138 valence electrons. The lowest BCUT2D eigenvalue weighted by Gasteiger charge is -2.18. The summed E-state index contributed by atoms with van der Waals surface area (Å²) in [4.78, 5) is 2.56. The van der Waals surface area contributed by atoms with Gasteiger partial charge in [0.25, 0.3) is 0 Å². The quantitative estimate of drug-likeness (QED) is 0.322. The minimum Gasteiger partial charge on any atom is -0.0901 e. The van der Waals surface area contributed by atoms with Gasteiger partial charge in [-0.2, -0.15) is 0 Å². The van der Waals surface area contributed by atoms with Gasteiger partial charge in [-0.1, -0.05) is 103 Å². The molecule has 0 atom stereocenters. The lowest BCUT2D eigenvalue weighted by Crippen LogP contribution is -2.07. The van der Waals surface area contributed by atoms with Crippen LogP contribution in [0, 0.1) is 0 Å². The highest BCUT2D eigenvalue weighted by Gasteiger charge is 2.14. The van der Waals surface area contributed by atoms with Crippen LogP contribution >= 0.6 is 11.8 Å². The van der Waals surface area contributed by atoms with Crippen molar-refractivity contribution in [2.75, 3.05) is 0 Å². The van der Waals surface area contributed by atoms with E-state index in [2.05, 4.69) is 115 Å². The Bertz CT molecular complexity index is 919. The van der Waals surface area contributed by atoms with Gasteiger partial charge in [0, 0.05) is 9.79 Å². The van der Waals surface area contributed by atoms with E-state index in [-0.39, 0.29) is 0 Å². The van der Waals surface area contributed by atoms with E-state index in [9.17, 15) is 0 Å². The Morgan fingerprint density at radius 2 is 0.893 bits per heavy atom. The molecule has 0 fully saturated rings. The minimum atomic E-state index is 0.473. The van der Waals surface area contributed by atoms with Gasteiger partial charge in [-0.05, 0) is 59.7 Å². The number of hydrogen-bond acceptors (Lipinski definition) is 1. The Kier molecular flexibility index (Phi) is 6.26. The number of benzene rings is 4. The van der Waals surface area contributed by atoms with E-state index in [4.69, 9.17) is 0 Å². The predicted octanol–water partition coefficient (Wildman–Crippen LogP) is 7.41. The Hall–Kier alpha value is -2.77. The molecule has 0 unspecified atom stereocenters. The van der Waals surface area contributed by atoms with Gasteiger partial charge in [0.1, 0.15) is 0 Å². The Morgan fingerprint density at radius 1 is 0.464 bits per heavy atom. The van der Waals surface area contributed by atoms with Crippen molar-refractivity contribution in [1.82, 2.24) is 0 Å². The third kappa shape index (κ3) is 5.15. The first kappa shape index (κ1) is 18.6. The van der Waals surface area contributed by atoms with Crippen molar-refractivity contribution in [1.29, 1.82) is 0 Å². The average molecular weight is 381 g/mol. The van der Waals surface area contributed by atoms with Crippen LogP contribution in [0.2, 0.25) is 0 Å². The molecule has 4 aromatic carbocycles. The van der Waals surface area contributed by atoms with Crippen molar-refractivity contribution < 1.29 is 0 Å². The van der Waals surface area contributed by atoms with Crippen molar-refractivity contribution in [2.24, 2.45) is 0 Å². The first-order chi connectivity index (χ1) is 13.9. The lowest BCUT2D eigenvalue weighted by atomic mass is 9.87. The molecule has 0 heterocycles. The zero-order chi connectivity index (χ0) is 19.0. The molecule has 0 N–H and O–H groups in total. The predicted molar refractivity (Wildman–Crippen MR) is 120 cm³/mol. The van der Waals surface area contributed by atoms with Gasteiger partial charge in [-0.3, -0.25) is 0 Å². The Balaban J connectivity index is 1.54. The van der Waals surface area contributed by atoms with E-state index in [0.717, 1.165) is 12.8 Å². The summed E-state index contributed by atoms with van der Waals surface area (Å²) in [6, 6.07) is 41.3. The molecule has 0 aliphatic carbocycles. The second kappa shape index (κ2) is 9.43. The van der Waals surface area contributed by atoms with E-state index in [1.165, 1.54) is 26.5 Å². The summed E-state index contributed by atoms with van der Waals surface area (Å²) in [6.45, 7) is 0. The van der Waals surface area contributed by atoms with Crippen LogP contribution in [0.25, 0.3) is 0 Å². The van der Waals surface area contributed by atoms with Crippen molar-refractivity contribution in [3.63, 3.8) is 0 Å². The molecule has 4 rings (SSSR count). The van der Waals surface area contributed by atoms with Crippen LogP contribution in [0.4, 0.5) is 0 Å². The van der Waals surface area contributed by atoms with Gasteiger partial charge in [-0.25, -0.2) is 0 Å². The van der Waals surface area contributed by atoms with Gasteiger partial charge >= 0.3 is 0 Å². The summed E-state index contributed by atoms with van der Waals surface area (Å²) in [5.41, 5.74) is 4.20. The Morgan fingerprint density at radius 3 is 1.39 bits per heavy atom. The number of hydrogen-bond donors (Lipinski definition) is 0. The first-order valence-electron chi connectivity index (χ1n) is 9.77. The summed E-state index contributed by atoms with van der Waals surface area (Å²) in [7, 11) is 0. The first-order valence-corrected chi connectivity index (χ1v) is 10.6.